The van der Waals surface area contributed by atoms with Crippen molar-refractivity contribution in [3.8, 4) is 0 Å². The number of nitro groups is 2. The Morgan fingerprint density at radius 1 is 0.622 bits per heavy atom. The number of nitrogens with zero attached hydrogens (tertiary/aromatic N) is 4. The molecule has 0 radical (unpaired) electrons. The lowest BCUT2D eigenvalue weighted by atomic mass is 9.91. The second-order valence-corrected chi connectivity index (χ2v) is 10.4. The highest BCUT2D eigenvalue weighted by Crippen LogP contribution is 2.43. The molecule has 0 aliphatic carbocycles. The summed E-state index contributed by atoms with van der Waals surface area (Å²) in [4.78, 5) is 33.4. The van der Waals surface area contributed by atoms with Crippen LogP contribution in [0, 0.1) is 34.1 Å². The number of ether oxygens (including phenoxy) is 1. The second kappa shape index (κ2) is 14.4. The molecular formula is C34H34N4O7. The first-order valence-corrected chi connectivity index (χ1v) is 14.1. The summed E-state index contributed by atoms with van der Waals surface area (Å²) in [6, 6.07) is 23.8. The predicted octanol–water partition coefficient (Wildman–Crippen LogP) is 7.76. The van der Waals surface area contributed by atoms with Crippen molar-refractivity contribution in [3.63, 3.8) is 0 Å². The Balaban J connectivity index is 1.98. The van der Waals surface area contributed by atoms with Crippen LogP contribution in [0.4, 0.5) is 11.4 Å². The largest absolute Gasteiger partial charge is 0.399 e. The van der Waals surface area contributed by atoms with E-state index in [2.05, 4.69) is 10.3 Å². The molecule has 0 saturated heterocycles. The summed E-state index contributed by atoms with van der Waals surface area (Å²) in [7, 11) is 2.93. The first-order chi connectivity index (χ1) is 21.6. The second-order valence-electron chi connectivity index (χ2n) is 10.4. The lowest BCUT2D eigenvalue weighted by Gasteiger charge is -2.28. The molecule has 4 rings (SSSR count). The van der Waals surface area contributed by atoms with Crippen LogP contribution < -0.4 is 0 Å². The molecule has 0 aliphatic rings. The zero-order valence-corrected chi connectivity index (χ0v) is 25.9. The number of aryl methyl sites for hydroxylation is 2. The standard InChI is InChI=1S/C34H34N4O7/c1-21-19-25(23(3)35-43-5)15-17-27(21)33(29-11-7-9-13-31(29)37(39)40)45-34(30-12-8-10-14-32(30)38(41)42)28-18-16-26(20-22(28)2)24(4)36-44-6/h7-20,33-34H,1-6H3/b35-23+,36-24+. The molecule has 45 heavy (non-hydrogen) atoms. The van der Waals surface area contributed by atoms with Gasteiger partial charge in [-0.25, -0.2) is 0 Å². The Kier molecular flexibility index (Phi) is 10.4. The van der Waals surface area contributed by atoms with Crippen LogP contribution in [0.1, 0.15) is 70.6 Å². The summed E-state index contributed by atoms with van der Waals surface area (Å²) in [5.74, 6) is 0. The normalized spacial score (nSPS) is 13.2. The zero-order chi connectivity index (χ0) is 32.7. The fourth-order valence-corrected chi connectivity index (χ4v) is 5.28. The van der Waals surface area contributed by atoms with Crippen LogP contribution in [-0.4, -0.2) is 35.5 Å². The highest BCUT2D eigenvalue weighted by atomic mass is 16.6. The van der Waals surface area contributed by atoms with Crippen LogP contribution in [0.15, 0.2) is 95.2 Å². The maximum absolute atomic E-state index is 12.2. The zero-order valence-electron chi connectivity index (χ0n) is 25.9. The Hall–Kier alpha value is -5.42. The first-order valence-electron chi connectivity index (χ1n) is 14.1. The van der Waals surface area contributed by atoms with Gasteiger partial charge in [-0.05, 0) is 85.3 Å². The molecule has 4 aromatic rings. The van der Waals surface area contributed by atoms with E-state index in [1.165, 1.54) is 26.4 Å². The van der Waals surface area contributed by atoms with Crippen molar-refractivity contribution in [1.82, 2.24) is 0 Å². The van der Waals surface area contributed by atoms with Crippen molar-refractivity contribution >= 4 is 22.8 Å². The monoisotopic (exact) mass is 610 g/mol. The molecule has 0 fully saturated rings. The van der Waals surface area contributed by atoms with Gasteiger partial charge in [0.05, 0.1) is 32.4 Å². The van der Waals surface area contributed by atoms with Gasteiger partial charge in [0.2, 0.25) is 0 Å². The number of benzene rings is 4. The van der Waals surface area contributed by atoms with E-state index in [9.17, 15) is 20.2 Å². The van der Waals surface area contributed by atoms with E-state index in [1.54, 1.807) is 36.4 Å². The Labute approximate surface area is 261 Å². The molecule has 4 aromatic carbocycles. The number of rotatable bonds is 12. The molecule has 0 spiro atoms. The summed E-state index contributed by atoms with van der Waals surface area (Å²) in [6.45, 7) is 7.37. The van der Waals surface area contributed by atoms with E-state index >= 15 is 0 Å². The van der Waals surface area contributed by atoms with Gasteiger partial charge >= 0.3 is 0 Å². The van der Waals surface area contributed by atoms with Gasteiger partial charge in [-0.3, -0.25) is 20.2 Å². The van der Waals surface area contributed by atoms with E-state index in [0.717, 1.165) is 22.3 Å². The third-order valence-electron chi connectivity index (χ3n) is 7.50. The third kappa shape index (κ3) is 7.22. The van der Waals surface area contributed by atoms with E-state index in [0.29, 0.717) is 33.7 Å². The Bertz CT molecular complexity index is 1660. The highest BCUT2D eigenvalue weighted by Gasteiger charge is 2.33. The predicted molar refractivity (Wildman–Crippen MR) is 172 cm³/mol. The molecule has 11 heteroatoms. The molecule has 0 saturated carbocycles. The first kappa shape index (κ1) is 32.5. The Morgan fingerprint density at radius 2 is 1.00 bits per heavy atom. The molecule has 0 aromatic heterocycles. The molecule has 232 valence electrons. The third-order valence-corrected chi connectivity index (χ3v) is 7.50. The highest BCUT2D eigenvalue weighted by molar-refractivity contribution is 5.99. The molecule has 2 unspecified atom stereocenters. The minimum atomic E-state index is -0.985. The van der Waals surface area contributed by atoms with Crippen LogP contribution >= 0.6 is 0 Å². The number of hydrogen-bond acceptors (Lipinski definition) is 9. The number of nitro benzene ring substituents is 2. The van der Waals surface area contributed by atoms with Crippen molar-refractivity contribution in [2.45, 2.75) is 39.9 Å². The van der Waals surface area contributed by atoms with E-state index in [-0.39, 0.29) is 11.4 Å². The average molecular weight is 611 g/mol. The topological polar surface area (TPSA) is 139 Å². The summed E-state index contributed by atoms with van der Waals surface area (Å²) >= 11 is 0. The summed E-state index contributed by atoms with van der Waals surface area (Å²) in [5.41, 5.74) is 6.10. The van der Waals surface area contributed by atoms with Gasteiger partial charge in [0.25, 0.3) is 11.4 Å². The fourth-order valence-electron chi connectivity index (χ4n) is 5.28. The van der Waals surface area contributed by atoms with Crippen LogP contribution in [0.5, 0.6) is 0 Å². The fraction of sp³-hybridized carbons (Fsp3) is 0.235. The quantitative estimate of drug-likeness (QED) is 0.0907. The number of para-hydroxylation sites is 2. The molecule has 0 heterocycles. The van der Waals surface area contributed by atoms with Gasteiger partial charge < -0.3 is 14.4 Å². The smallest absolute Gasteiger partial charge is 0.275 e. The SMILES string of the molecule is CO/N=C(\C)c1ccc(C(OC(c2ccc(/C(C)=N/OC)cc2C)c2ccccc2[N+](=O)[O-])c2ccccc2[N+](=O)[O-])c(C)c1. The van der Waals surface area contributed by atoms with Crippen molar-refractivity contribution in [1.29, 1.82) is 0 Å². The maximum atomic E-state index is 12.2. The summed E-state index contributed by atoms with van der Waals surface area (Å²) in [6.07, 6.45) is -1.97. The van der Waals surface area contributed by atoms with Crippen molar-refractivity contribution in [3.05, 3.63) is 150 Å². The van der Waals surface area contributed by atoms with E-state index < -0.39 is 22.1 Å². The van der Waals surface area contributed by atoms with Crippen LogP contribution in [0.3, 0.4) is 0 Å². The maximum Gasteiger partial charge on any atom is 0.275 e. The molecule has 0 amide bonds. The Morgan fingerprint density at radius 3 is 1.33 bits per heavy atom. The average Bonchev–Trinajstić information content (AvgIpc) is 3.02. The van der Waals surface area contributed by atoms with Gasteiger partial charge in [0, 0.05) is 12.1 Å². The lowest BCUT2D eigenvalue weighted by molar-refractivity contribution is -0.386. The summed E-state index contributed by atoms with van der Waals surface area (Å²) < 4.78 is 6.92. The number of oxime groups is 2. The van der Waals surface area contributed by atoms with Crippen molar-refractivity contribution < 1.29 is 24.3 Å². The van der Waals surface area contributed by atoms with Gasteiger partial charge in [-0.15, -0.1) is 0 Å². The van der Waals surface area contributed by atoms with E-state index in [1.807, 2.05) is 64.1 Å². The van der Waals surface area contributed by atoms with Gasteiger partial charge in [-0.1, -0.05) is 58.8 Å². The summed E-state index contributed by atoms with van der Waals surface area (Å²) in [5, 5.41) is 32.5. The van der Waals surface area contributed by atoms with E-state index in [4.69, 9.17) is 14.4 Å². The van der Waals surface area contributed by atoms with Gasteiger partial charge in [0.15, 0.2) is 0 Å². The van der Waals surface area contributed by atoms with Crippen LogP contribution in [0.2, 0.25) is 0 Å². The van der Waals surface area contributed by atoms with Crippen LogP contribution in [0.25, 0.3) is 0 Å². The molecule has 0 aliphatic heterocycles. The lowest BCUT2D eigenvalue weighted by Crippen LogP contribution is -2.17. The molecule has 0 bridgehead atoms. The van der Waals surface area contributed by atoms with Gasteiger partial charge in [0.1, 0.15) is 26.4 Å². The van der Waals surface area contributed by atoms with Gasteiger partial charge in [-0.2, -0.15) is 0 Å². The molecule has 11 nitrogen and oxygen atoms in total. The molecule has 2 atom stereocenters. The molecular weight excluding hydrogens is 576 g/mol. The van der Waals surface area contributed by atoms with Crippen LogP contribution in [-0.2, 0) is 14.4 Å². The minimum absolute atomic E-state index is 0.136. The molecule has 0 N–H and O–H groups in total. The van der Waals surface area contributed by atoms with Crippen molar-refractivity contribution in [2.75, 3.05) is 14.2 Å². The number of hydrogen-bond donors (Lipinski definition) is 0. The minimum Gasteiger partial charge on any atom is -0.399 e. The van der Waals surface area contributed by atoms with Crippen molar-refractivity contribution in [2.24, 2.45) is 10.3 Å².